The molecule has 4 heteroatoms. The van der Waals surface area contributed by atoms with Crippen LogP contribution in [0.2, 0.25) is 0 Å². The lowest BCUT2D eigenvalue weighted by Crippen LogP contribution is -2.01. The number of nitrogen functional groups attached to an aromatic ring is 1. The van der Waals surface area contributed by atoms with Crippen molar-refractivity contribution in [3.05, 3.63) is 52.2 Å². The number of anilines is 1. The number of hydrogen-bond donors (Lipinski definition) is 1. The predicted molar refractivity (Wildman–Crippen MR) is 80.5 cm³/mol. The highest BCUT2D eigenvalue weighted by Gasteiger charge is 2.12. The monoisotopic (exact) mass is 269 g/mol. The maximum atomic E-state index is 6.08. The van der Waals surface area contributed by atoms with Crippen molar-refractivity contribution in [1.29, 1.82) is 0 Å². The van der Waals surface area contributed by atoms with Gasteiger partial charge in [-0.3, -0.25) is 0 Å². The number of fused-ring (bicyclic) bond motifs is 1. The van der Waals surface area contributed by atoms with E-state index in [4.69, 9.17) is 5.73 Å². The first kappa shape index (κ1) is 12.1. The molecule has 0 atom stereocenters. The summed E-state index contributed by atoms with van der Waals surface area (Å²) < 4.78 is 0. The van der Waals surface area contributed by atoms with Crippen LogP contribution in [0, 0.1) is 13.8 Å². The van der Waals surface area contributed by atoms with Crippen LogP contribution in [0.25, 0.3) is 10.2 Å². The van der Waals surface area contributed by atoms with Crippen LogP contribution < -0.4 is 5.73 Å². The molecule has 1 aromatic carbocycles. The summed E-state index contributed by atoms with van der Waals surface area (Å²) in [4.78, 5) is 11.3. The lowest BCUT2D eigenvalue weighted by atomic mass is 10.1. The van der Waals surface area contributed by atoms with Gasteiger partial charge in [0.15, 0.2) is 0 Å². The lowest BCUT2D eigenvalue weighted by molar-refractivity contribution is 1.00. The standard InChI is InChI=1S/C15H15N3S/c1-9-10(2)19-15-13(9)14(16)17-12(18-15)8-11-6-4-3-5-7-11/h3-7H,8H2,1-2H3,(H2,16,17,18). The molecular weight excluding hydrogens is 254 g/mol. The molecule has 0 aliphatic rings. The van der Waals surface area contributed by atoms with Crippen LogP contribution in [0.15, 0.2) is 30.3 Å². The summed E-state index contributed by atoms with van der Waals surface area (Å²) in [5.74, 6) is 1.38. The van der Waals surface area contributed by atoms with Gasteiger partial charge < -0.3 is 5.73 Å². The number of benzene rings is 1. The van der Waals surface area contributed by atoms with Gasteiger partial charge in [-0.2, -0.15) is 0 Å². The summed E-state index contributed by atoms with van der Waals surface area (Å²) in [6.07, 6.45) is 0.719. The quantitative estimate of drug-likeness (QED) is 0.775. The number of rotatable bonds is 2. The van der Waals surface area contributed by atoms with E-state index in [1.54, 1.807) is 11.3 Å². The number of hydrogen-bond acceptors (Lipinski definition) is 4. The van der Waals surface area contributed by atoms with Gasteiger partial charge >= 0.3 is 0 Å². The molecule has 0 bridgehead atoms. The van der Waals surface area contributed by atoms with Gasteiger partial charge in [0.1, 0.15) is 16.5 Å². The van der Waals surface area contributed by atoms with Gasteiger partial charge in [-0.1, -0.05) is 30.3 Å². The number of nitrogens with two attached hydrogens (primary N) is 1. The Morgan fingerprint density at radius 3 is 2.58 bits per heavy atom. The second-order valence-corrected chi connectivity index (χ2v) is 5.85. The first-order valence-corrected chi connectivity index (χ1v) is 7.03. The molecule has 0 amide bonds. The Balaban J connectivity index is 2.06. The van der Waals surface area contributed by atoms with Crippen LogP contribution in [0.1, 0.15) is 21.8 Å². The third-order valence-corrected chi connectivity index (χ3v) is 4.41. The van der Waals surface area contributed by atoms with E-state index >= 15 is 0 Å². The highest BCUT2D eigenvalue weighted by atomic mass is 32.1. The Labute approximate surface area is 116 Å². The van der Waals surface area contributed by atoms with Crippen molar-refractivity contribution in [2.75, 3.05) is 5.73 Å². The molecule has 0 spiro atoms. The van der Waals surface area contributed by atoms with Crippen LogP contribution in [0.5, 0.6) is 0 Å². The minimum Gasteiger partial charge on any atom is -0.383 e. The third kappa shape index (κ3) is 2.19. The van der Waals surface area contributed by atoms with Crippen LogP contribution in [0.4, 0.5) is 5.82 Å². The fraction of sp³-hybridized carbons (Fsp3) is 0.200. The molecule has 0 aliphatic heterocycles. The van der Waals surface area contributed by atoms with Gasteiger partial charge in [-0.15, -0.1) is 11.3 Å². The summed E-state index contributed by atoms with van der Waals surface area (Å²) in [7, 11) is 0. The molecule has 0 saturated carbocycles. The van der Waals surface area contributed by atoms with Crippen LogP contribution in [-0.2, 0) is 6.42 Å². The molecule has 2 N–H and O–H groups in total. The first-order chi connectivity index (χ1) is 9.15. The molecular formula is C15H15N3S. The zero-order valence-corrected chi connectivity index (χ0v) is 11.8. The Bertz CT molecular complexity index is 732. The van der Waals surface area contributed by atoms with E-state index < -0.39 is 0 Å². The molecule has 3 aromatic rings. The van der Waals surface area contributed by atoms with Gasteiger partial charge in [0.25, 0.3) is 0 Å². The van der Waals surface area contributed by atoms with Crippen molar-refractivity contribution in [3.63, 3.8) is 0 Å². The molecule has 96 valence electrons. The third-order valence-electron chi connectivity index (χ3n) is 3.31. The summed E-state index contributed by atoms with van der Waals surface area (Å²) in [5.41, 5.74) is 8.48. The van der Waals surface area contributed by atoms with E-state index in [1.807, 2.05) is 18.2 Å². The molecule has 3 rings (SSSR count). The highest BCUT2D eigenvalue weighted by Crippen LogP contribution is 2.32. The molecule has 2 heterocycles. The van der Waals surface area contributed by atoms with E-state index in [9.17, 15) is 0 Å². The normalized spacial score (nSPS) is 11.1. The Kier molecular flexibility index (Phi) is 2.95. The zero-order valence-electron chi connectivity index (χ0n) is 11.0. The Morgan fingerprint density at radius 2 is 1.84 bits per heavy atom. The topological polar surface area (TPSA) is 51.8 Å². The minimum absolute atomic E-state index is 0.595. The molecule has 0 fully saturated rings. The summed E-state index contributed by atoms with van der Waals surface area (Å²) in [5, 5.41) is 1.01. The van der Waals surface area contributed by atoms with Crippen molar-refractivity contribution < 1.29 is 0 Å². The summed E-state index contributed by atoms with van der Waals surface area (Å²) in [6, 6.07) is 10.2. The van der Waals surface area contributed by atoms with E-state index in [0.717, 1.165) is 22.5 Å². The largest absolute Gasteiger partial charge is 0.383 e. The van der Waals surface area contributed by atoms with E-state index in [0.29, 0.717) is 5.82 Å². The van der Waals surface area contributed by atoms with E-state index in [-0.39, 0.29) is 0 Å². The zero-order chi connectivity index (χ0) is 13.4. The van der Waals surface area contributed by atoms with E-state index in [2.05, 4.69) is 35.9 Å². The van der Waals surface area contributed by atoms with Crippen molar-refractivity contribution in [1.82, 2.24) is 9.97 Å². The van der Waals surface area contributed by atoms with Crippen molar-refractivity contribution in [2.24, 2.45) is 0 Å². The average Bonchev–Trinajstić information content (AvgIpc) is 2.66. The number of aromatic nitrogens is 2. The number of aryl methyl sites for hydroxylation is 2. The maximum absolute atomic E-state index is 6.08. The van der Waals surface area contributed by atoms with Gasteiger partial charge in [0.05, 0.1) is 5.39 Å². The Hall–Kier alpha value is -1.94. The minimum atomic E-state index is 0.595. The summed E-state index contributed by atoms with van der Waals surface area (Å²) >= 11 is 1.69. The van der Waals surface area contributed by atoms with Crippen LogP contribution in [-0.4, -0.2) is 9.97 Å². The maximum Gasteiger partial charge on any atom is 0.136 e. The Morgan fingerprint density at radius 1 is 1.11 bits per heavy atom. The average molecular weight is 269 g/mol. The number of nitrogens with zero attached hydrogens (tertiary/aromatic N) is 2. The first-order valence-electron chi connectivity index (χ1n) is 6.21. The molecule has 0 aliphatic carbocycles. The fourth-order valence-electron chi connectivity index (χ4n) is 2.18. The SMILES string of the molecule is Cc1sc2nc(Cc3ccccc3)nc(N)c2c1C. The second-order valence-electron chi connectivity index (χ2n) is 4.65. The van der Waals surface area contributed by atoms with Gasteiger partial charge in [0, 0.05) is 11.3 Å². The smallest absolute Gasteiger partial charge is 0.136 e. The highest BCUT2D eigenvalue weighted by molar-refractivity contribution is 7.18. The number of thiophene rings is 1. The van der Waals surface area contributed by atoms with Crippen molar-refractivity contribution in [3.8, 4) is 0 Å². The van der Waals surface area contributed by atoms with Crippen LogP contribution >= 0.6 is 11.3 Å². The van der Waals surface area contributed by atoms with Gasteiger partial charge in [-0.05, 0) is 25.0 Å². The van der Waals surface area contributed by atoms with Gasteiger partial charge in [0.2, 0.25) is 0 Å². The fourth-order valence-corrected chi connectivity index (χ4v) is 3.24. The van der Waals surface area contributed by atoms with Crippen molar-refractivity contribution in [2.45, 2.75) is 20.3 Å². The second kappa shape index (κ2) is 4.63. The molecule has 0 saturated heterocycles. The summed E-state index contributed by atoms with van der Waals surface area (Å²) in [6.45, 7) is 4.17. The van der Waals surface area contributed by atoms with Crippen LogP contribution in [0.3, 0.4) is 0 Å². The lowest BCUT2D eigenvalue weighted by Gasteiger charge is -2.03. The molecule has 19 heavy (non-hydrogen) atoms. The van der Waals surface area contributed by atoms with Gasteiger partial charge in [-0.25, -0.2) is 9.97 Å². The molecule has 0 radical (unpaired) electrons. The molecule has 0 unspecified atom stereocenters. The van der Waals surface area contributed by atoms with Crippen molar-refractivity contribution >= 4 is 27.4 Å². The van der Waals surface area contributed by atoms with E-state index in [1.165, 1.54) is 16.0 Å². The molecule has 3 nitrogen and oxygen atoms in total. The molecule has 2 aromatic heterocycles. The predicted octanol–water partition coefficient (Wildman–Crippen LogP) is 3.48.